The molecule has 1 atom stereocenters. The van der Waals surface area contributed by atoms with Crippen LogP contribution in [0.5, 0.6) is 0 Å². The molecule has 284 valence electrons. The van der Waals surface area contributed by atoms with Crippen molar-refractivity contribution in [3.8, 4) is 22.5 Å². The van der Waals surface area contributed by atoms with Crippen LogP contribution in [0.25, 0.3) is 33.3 Å². The number of imide groups is 2. The number of hydrogen-bond acceptors (Lipinski definition) is 10. The molecule has 56 heavy (non-hydrogen) atoms. The number of imidazole rings is 1. The van der Waals surface area contributed by atoms with Crippen LogP contribution in [0.3, 0.4) is 0 Å². The van der Waals surface area contributed by atoms with Crippen LogP contribution in [0.15, 0.2) is 67.0 Å². The van der Waals surface area contributed by atoms with Crippen molar-refractivity contribution in [1.82, 2.24) is 40.0 Å². The molecule has 6 amide bonds. The van der Waals surface area contributed by atoms with Gasteiger partial charge in [-0.3, -0.25) is 49.0 Å². The van der Waals surface area contributed by atoms with E-state index < -0.39 is 29.7 Å². The zero-order valence-electron chi connectivity index (χ0n) is 30.9. The average Bonchev–Trinajstić information content (AvgIpc) is 3.70. The minimum absolute atomic E-state index is 0.0446. The van der Waals surface area contributed by atoms with Gasteiger partial charge in [-0.2, -0.15) is 0 Å². The Balaban J connectivity index is 0.888. The fraction of sp³-hybridized carbons (Fsp3) is 0.293. The maximum Gasteiger partial charge on any atom is 0.269 e. The van der Waals surface area contributed by atoms with Crippen molar-refractivity contribution in [2.75, 3.05) is 25.0 Å². The van der Waals surface area contributed by atoms with Gasteiger partial charge in [0.05, 0.1) is 34.8 Å². The second-order valence-corrected chi connectivity index (χ2v) is 14.0. The van der Waals surface area contributed by atoms with Crippen molar-refractivity contribution in [1.29, 1.82) is 0 Å². The molecule has 0 bridgehead atoms. The summed E-state index contributed by atoms with van der Waals surface area (Å²) in [4.78, 5) is 92.6. The lowest BCUT2D eigenvalue weighted by Gasteiger charge is -2.28. The van der Waals surface area contributed by atoms with Crippen molar-refractivity contribution in [3.05, 3.63) is 95.3 Å². The van der Waals surface area contributed by atoms with Crippen LogP contribution in [-0.2, 0) is 33.9 Å². The summed E-state index contributed by atoms with van der Waals surface area (Å²) in [5.41, 5.74) is 5.39. The number of amides is 6. The molecule has 2 aromatic carbocycles. The second-order valence-electron chi connectivity index (χ2n) is 14.0. The van der Waals surface area contributed by atoms with E-state index in [-0.39, 0.29) is 41.5 Å². The van der Waals surface area contributed by atoms with Crippen LogP contribution in [-0.4, -0.2) is 90.4 Å². The molecule has 0 spiro atoms. The minimum Gasteiger partial charge on any atom is -0.384 e. The monoisotopic (exact) mass is 753 g/mol. The van der Waals surface area contributed by atoms with Gasteiger partial charge in [0.25, 0.3) is 17.7 Å². The zero-order chi connectivity index (χ0) is 39.1. The summed E-state index contributed by atoms with van der Waals surface area (Å²) in [6.45, 7) is 6.29. The number of fused-ring (bicyclic) bond motifs is 3. The first-order valence-corrected chi connectivity index (χ1v) is 18.7. The van der Waals surface area contributed by atoms with E-state index in [2.05, 4.69) is 32.4 Å². The first-order valence-electron chi connectivity index (χ1n) is 18.7. The SMILES string of the molecule is CCc1nc(-c2cccc3cc(-c4ccc(C(=O)NCCCNc5cccc6c5C(=O)N(C5CCC(=O)NC5=O)C6=O)nc4)ncc23)c2n1CCN(C(C)=O)C2. The fourth-order valence-corrected chi connectivity index (χ4v) is 7.68. The van der Waals surface area contributed by atoms with E-state index in [0.29, 0.717) is 44.0 Å². The number of aryl methyl sites for hydroxylation is 1. The number of pyridine rings is 2. The predicted octanol–water partition coefficient (Wildman–Crippen LogP) is 3.72. The number of rotatable bonds is 10. The van der Waals surface area contributed by atoms with Gasteiger partial charge in [0.2, 0.25) is 17.7 Å². The van der Waals surface area contributed by atoms with E-state index in [0.717, 1.165) is 57.0 Å². The first kappa shape index (κ1) is 36.2. The smallest absolute Gasteiger partial charge is 0.269 e. The van der Waals surface area contributed by atoms with Crippen molar-refractivity contribution >= 4 is 51.9 Å². The number of carbonyl (C=O) groups excluding carboxylic acids is 6. The summed E-state index contributed by atoms with van der Waals surface area (Å²) in [7, 11) is 0. The Morgan fingerprint density at radius 1 is 0.929 bits per heavy atom. The molecule has 15 heteroatoms. The van der Waals surface area contributed by atoms with E-state index >= 15 is 0 Å². The lowest BCUT2D eigenvalue weighted by molar-refractivity contribution is -0.136. The lowest BCUT2D eigenvalue weighted by Crippen LogP contribution is -2.54. The highest BCUT2D eigenvalue weighted by molar-refractivity contribution is 6.25. The molecule has 0 saturated carbocycles. The minimum atomic E-state index is -1.04. The topological polar surface area (TPSA) is 189 Å². The summed E-state index contributed by atoms with van der Waals surface area (Å²) >= 11 is 0. The number of anilines is 1. The van der Waals surface area contributed by atoms with Crippen LogP contribution < -0.4 is 16.0 Å². The molecule has 0 aliphatic carbocycles. The molecule has 3 N–H and O–H groups in total. The van der Waals surface area contributed by atoms with Crippen molar-refractivity contribution in [2.24, 2.45) is 0 Å². The Morgan fingerprint density at radius 3 is 2.52 bits per heavy atom. The van der Waals surface area contributed by atoms with Crippen LogP contribution in [0.1, 0.15) is 75.8 Å². The van der Waals surface area contributed by atoms with E-state index in [9.17, 15) is 28.8 Å². The third kappa shape index (κ3) is 6.54. The number of nitrogens with zero attached hydrogens (tertiary/aromatic N) is 6. The lowest BCUT2D eigenvalue weighted by atomic mass is 10.0. The highest BCUT2D eigenvalue weighted by atomic mass is 16.2. The quantitative estimate of drug-likeness (QED) is 0.140. The largest absolute Gasteiger partial charge is 0.384 e. The molecule has 6 heterocycles. The predicted molar refractivity (Wildman–Crippen MR) is 205 cm³/mol. The summed E-state index contributed by atoms with van der Waals surface area (Å²) in [5.74, 6) is -1.55. The fourth-order valence-electron chi connectivity index (χ4n) is 7.68. The molecule has 0 radical (unpaired) electrons. The Bertz CT molecular complexity index is 2460. The van der Waals surface area contributed by atoms with Gasteiger partial charge in [0, 0.05) is 80.5 Å². The third-order valence-electron chi connectivity index (χ3n) is 10.6. The highest BCUT2D eigenvalue weighted by Crippen LogP contribution is 2.35. The highest BCUT2D eigenvalue weighted by Gasteiger charge is 2.45. The summed E-state index contributed by atoms with van der Waals surface area (Å²) in [5, 5.41) is 10.2. The molecular formula is C41H39N9O6. The van der Waals surface area contributed by atoms with Crippen molar-refractivity contribution < 1.29 is 28.8 Å². The van der Waals surface area contributed by atoms with E-state index in [4.69, 9.17) is 9.97 Å². The van der Waals surface area contributed by atoms with Crippen molar-refractivity contribution in [2.45, 2.75) is 58.7 Å². The van der Waals surface area contributed by atoms with Gasteiger partial charge in [0.1, 0.15) is 17.6 Å². The number of piperidine rings is 1. The van der Waals surface area contributed by atoms with Crippen LogP contribution in [0.2, 0.25) is 0 Å². The Labute approximate surface area is 321 Å². The molecule has 3 aliphatic rings. The number of nitrogens with one attached hydrogen (secondary N) is 3. The number of benzene rings is 2. The summed E-state index contributed by atoms with van der Waals surface area (Å²) in [6.07, 6.45) is 4.88. The standard InChI is InChI=1S/C41H39N9O6/c1-3-34-46-37(33-22-48(23(2)51)17-18-49(33)34)26-8-4-7-24-19-31(45-21-28(24)26)25-11-12-30(44-20-25)38(53)43-16-6-15-42-29-10-5-9-27-36(29)41(56)50(40(27)55)32-13-14-35(52)47-39(32)54/h4-5,7-12,19-21,32,42H,3,6,13-18,22H2,1-2H3,(H,43,53)(H,47,52,54). The van der Waals surface area contributed by atoms with E-state index in [1.54, 1.807) is 37.4 Å². The maximum atomic E-state index is 13.3. The molecule has 1 fully saturated rings. The van der Waals surface area contributed by atoms with Gasteiger partial charge in [-0.1, -0.05) is 31.2 Å². The molecule has 1 saturated heterocycles. The molecule has 3 aromatic heterocycles. The average molecular weight is 754 g/mol. The second kappa shape index (κ2) is 14.8. The Kier molecular flexibility index (Phi) is 9.58. The molecule has 8 rings (SSSR count). The third-order valence-corrected chi connectivity index (χ3v) is 10.6. The van der Waals surface area contributed by atoms with Gasteiger partial charge >= 0.3 is 0 Å². The molecule has 5 aromatic rings. The van der Waals surface area contributed by atoms with Crippen LogP contribution in [0.4, 0.5) is 5.69 Å². The van der Waals surface area contributed by atoms with E-state index in [1.807, 2.05) is 41.4 Å². The molecule has 15 nitrogen and oxygen atoms in total. The Hall–Kier alpha value is -6.77. The maximum absolute atomic E-state index is 13.3. The van der Waals surface area contributed by atoms with Crippen molar-refractivity contribution in [3.63, 3.8) is 0 Å². The number of hydrogen-bond donors (Lipinski definition) is 3. The summed E-state index contributed by atoms with van der Waals surface area (Å²) in [6, 6.07) is 15.4. The van der Waals surface area contributed by atoms with Gasteiger partial charge in [-0.05, 0) is 48.6 Å². The first-order chi connectivity index (χ1) is 27.1. The van der Waals surface area contributed by atoms with Gasteiger partial charge in [-0.15, -0.1) is 0 Å². The van der Waals surface area contributed by atoms with Crippen LogP contribution >= 0.6 is 0 Å². The number of aromatic nitrogens is 4. The molecule has 3 aliphatic heterocycles. The van der Waals surface area contributed by atoms with Gasteiger partial charge in [-0.25, -0.2) is 4.98 Å². The zero-order valence-corrected chi connectivity index (χ0v) is 30.9. The number of carbonyl (C=O) groups is 6. The molecule has 1 unspecified atom stereocenters. The molecular weight excluding hydrogens is 715 g/mol. The van der Waals surface area contributed by atoms with Gasteiger partial charge < -0.3 is 20.1 Å². The normalized spacial score (nSPS) is 16.5. The van der Waals surface area contributed by atoms with E-state index in [1.165, 1.54) is 0 Å². The van der Waals surface area contributed by atoms with Crippen LogP contribution in [0, 0.1) is 0 Å². The van der Waals surface area contributed by atoms with Gasteiger partial charge in [0.15, 0.2) is 0 Å². The Morgan fingerprint density at radius 2 is 1.75 bits per heavy atom. The summed E-state index contributed by atoms with van der Waals surface area (Å²) < 4.78 is 2.24.